The Labute approximate surface area is 131 Å². The van der Waals surface area contributed by atoms with Gasteiger partial charge in [0, 0.05) is 19.1 Å². The smallest absolute Gasteiger partial charge is 0.0930 e. The fraction of sp³-hybridized carbons (Fsp3) is 0.895. The number of nitrogens with zero attached hydrogens (tertiary/aromatic N) is 1. The summed E-state index contributed by atoms with van der Waals surface area (Å²) in [6, 6.07) is 0.654. The van der Waals surface area contributed by atoms with E-state index in [4.69, 9.17) is 4.74 Å². The van der Waals surface area contributed by atoms with Crippen LogP contribution in [-0.2, 0) is 4.74 Å². The van der Waals surface area contributed by atoms with Crippen LogP contribution in [0.15, 0.2) is 11.1 Å². The molecular weight excluding hydrogens is 258 g/mol. The summed E-state index contributed by atoms with van der Waals surface area (Å²) in [6.07, 6.45) is 3.81. The predicted octanol–water partition coefficient (Wildman–Crippen LogP) is 4.65. The van der Waals surface area contributed by atoms with Gasteiger partial charge in [0.05, 0.1) is 11.7 Å². The second-order valence-electron chi connectivity index (χ2n) is 7.82. The molecule has 21 heavy (non-hydrogen) atoms. The highest BCUT2D eigenvalue weighted by molar-refractivity contribution is 5.36. The lowest BCUT2D eigenvalue weighted by atomic mass is 9.75. The molecule has 2 heteroatoms. The van der Waals surface area contributed by atoms with Crippen LogP contribution >= 0.6 is 0 Å². The van der Waals surface area contributed by atoms with E-state index in [9.17, 15) is 0 Å². The van der Waals surface area contributed by atoms with Gasteiger partial charge in [-0.3, -0.25) is 0 Å². The molecule has 0 radical (unpaired) electrons. The molecule has 1 saturated heterocycles. The molecule has 1 spiro atoms. The first-order valence-electron chi connectivity index (χ1n) is 8.98. The molecule has 2 aliphatic rings. The Morgan fingerprint density at radius 1 is 1.05 bits per heavy atom. The molecule has 0 aromatic rings. The SMILES string of the molecule is CCC1OC2(CCN(C(C)C)CC2)C(C(C)C)=C1C(C)C. The number of hydrogen-bond donors (Lipinski definition) is 0. The fourth-order valence-corrected chi connectivity index (χ4v) is 4.47. The van der Waals surface area contributed by atoms with Crippen LogP contribution in [0.5, 0.6) is 0 Å². The van der Waals surface area contributed by atoms with E-state index in [0.717, 1.165) is 6.42 Å². The molecule has 0 N–H and O–H groups in total. The Morgan fingerprint density at radius 2 is 1.62 bits per heavy atom. The molecule has 0 aliphatic carbocycles. The second kappa shape index (κ2) is 6.42. The molecule has 2 nitrogen and oxygen atoms in total. The lowest BCUT2D eigenvalue weighted by Gasteiger charge is -2.43. The minimum absolute atomic E-state index is 0.0415. The minimum atomic E-state index is 0.0415. The average Bonchev–Trinajstić information content (AvgIpc) is 2.73. The van der Waals surface area contributed by atoms with Crippen LogP contribution in [0.1, 0.15) is 67.7 Å². The van der Waals surface area contributed by atoms with E-state index in [0.29, 0.717) is 24.0 Å². The van der Waals surface area contributed by atoms with E-state index in [-0.39, 0.29) is 5.60 Å². The molecule has 1 unspecified atom stereocenters. The maximum absolute atomic E-state index is 6.71. The van der Waals surface area contributed by atoms with Crippen molar-refractivity contribution in [1.29, 1.82) is 0 Å². The molecular formula is C19H35NO. The summed E-state index contributed by atoms with van der Waals surface area (Å²) in [5, 5.41) is 0. The highest BCUT2D eigenvalue weighted by atomic mass is 16.5. The Hall–Kier alpha value is -0.340. The van der Waals surface area contributed by atoms with Gasteiger partial charge in [-0.25, -0.2) is 0 Å². The van der Waals surface area contributed by atoms with Crippen LogP contribution in [-0.4, -0.2) is 35.7 Å². The zero-order valence-corrected chi connectivity index (χ0v) is 15.2. The quantitative estimate of drug-likeness (QED) is 0.700. The van der Waals surface area contributed by atoms with E-state index in [1.807, 2.05) is 0 Å². The molecule has 0 amide bonds. The largest absolute Gasteiger partial charge is 0.363 e. The van der Waals surface area contributed by atoms with Crippen molar-refractivity contribution < 1.29 is 4.74 Å². The zero-order chi connectivity index (χ0) is 15.8. The molecule has 122 valence electrons. The number of hydrogen-bond acceptors (Lipinski definition) is 2. The summed E-state index contributed by atoms with van der Waals surface area (Å²) < 4.78 is 6.71. The Kier molecular flexibility index (Phi) is 5.20. The van der Waals surface area contributed by atoms with Gasteiger partial charge in [0.25, 0.3) is 0 Å². The van der Waals surface area contributed by atoms with Gasteiger partial charge in [0.1, 0.15) is 0 Å². The van der Waals surface area contributed by atoms with Crippen LogP contribution in [0, 0.1) is 11.8 Å². The first-order valence-corrected chi connectivity index (χ1v) is 8.98. The summed E-state index contributed by atoms with van der Waals surface area (Å²) in [6.45, 7) is 18.6. The summed E-state index contributed by atoms with van der Waals surface area (Å²) >= 11 is 0. The third-order valence-electron chi connectivity index (χ3n) is 5.42. The molecule has 1 atom stereocenters. The molecule has 0 saturated carbocycles. The highest BCUT2D eigenvalue weighted by Crippen LogP contribution is 2.49. The van der Waals surface area contributed by atoms with Gasteiger partial charge in [-0.05, 0) is 56.1 Å². The van der Waals surface area contributed by atoms with Gasteiger partial charge >= 0.3 is 0 Å². The van der Waals surface area contributed by atoms with Crippen molar-refractivity contribution in [1.82, 2.24) is 4.90 Å². The lowest BCUT2D eigenvalue weighted by Crippen LogP contribution is -2.48. The minimum Gasteiger partial charge on any atom is -0.363 e. The van der Waals surface area contributed by atoms with Crippen molar-refractivity contribution in [3.8, 4) is 0 Å². The van der Waals surface area contributed by atoms with Crippen LogP contribution in [0.25, 0.3) is 0 Å². The van der Waals surface area contributed by atoms with Gasteiger partial charge in [0.2, 0.25) is 0 Å². The molecule has 2 aliphatic heterocycles. The van der Waals surface area contributed by atoms with Crippen molar-refractivity contribution in [2.75, 3.05) is 13.1 Å². The zero-order valence-electron chi connectivity index (χ0n) is 15.2. The van der Waals surface area contributed by atoms with E-state index < -0.39 is 0 Å². The number of ether oxygens (including phenoxy) is 1. The van der Waals surface area contributed by atoms with Crippen molar-refractivity contribution in [2.24, 2.45) is 11.8 Å². The van der Waals surface area contributed by atoms with Gasteiger partial charge in [-0.15, -0.1) is 0 Å². The first-order chi connectivity index (χ1) is 9.82. The maximum atomic E-state index is 6.71. The monoisotopic (exact) mass is 293 g/mol. The lowest BCUT2D eigenvalue weighted by molar-refractivity contribution is -0.0756. The summed E-state index contributed by atoms with van der Waals surface area (Å²) in [5.41, 5.74) is 3.30. The van der Waals surface area contributed by atoms with Gasteiger partial charge in [0.15, 0.2) is 0 Å². The summed E-state index contributed by atoms with van der Waals surface area (Å²) in [5.74, 6) is 1.21. The average molecular weight is 293 g/mol. The number of piperidine rings is 1. The molecule has 0 bridgehead atoms. The molecule has 0 aromatic carbocycles. The standard InChI is InChI=1S/C19H35NO/c1-8-16-17(13(2)3)18(14(4)5)19(21-16)9-11-20(12-10-19)15(6)7/h13-16H,8-12H2,1-7H3. The summed E-state index contributed by atoms with van der Waals surface area (Å²) in [7, 11) is 0. The van der Waals surface area contributed by atoms with Crippen molar-refractivity contribution in [2.45, 2.75) is 85.5 Å². The van der Waals surface area contributed by atoms with E-state index in [1.165, 1.54) is 25.9 Å². The Balaban J connectivity index is 2.32. The molecule has 2 rings (SSSR count). The normalized spacial score (nSPS) is 26.9. The third kappa shape index (κ3) is 3.07. The van der Waals surface area contributed by atoms with Crippen molar-refractivity contribution >= 4 is 0 Å². The van der Waals surface area contributed by atoms with E-state index in [1.54, 1.807) is 11.1 Å². The van der Waals surface area contributed by atoms with E-state index >= 15 is 0 Å². The van der Waals surface area contributed by atoms with Gasteiger partial charge in [-0.2, -0.15) is 0 Å². The Bertz CT molecular complexity index is 386. The first kappa shape index (κ1) is 17.0. The van der Waals surface area contributed by atoms with Crippen LogP contribution in [0.3, 0.4) is 0 Å². The van der Waals surface area contributed by atoms with Crippen LogP contribution in [0.2, 0.25) is 0 Å². The van der Waals surface area contributed by atoms with Gasteiger partial charge in [-0.1, -0.05) is 34.6 Å². The predicted molar refractivity (Wildman–Crippen MR) is 90.5 cm³/mol. The Morgan fingerprint density at radius 3 is 2.00 bits per heavy atom. The summed E-state index contributed by atoms with van der Waals surface area (Å²) in [4.78, 5) is 2.60. The fourth-order valence-electron chi connectivity index (χ4n) is 4.47. The highest BCUT2D eigenvalue weighted by Gasteiger charge is 2.49. The van der Waals surface area contributed by atoms with E-state index in [2.05, 4.69) is 53.4 Å². The van der Waals surface area contributed by atoms with Crippen LogP contribution < -0.4 is 0 Å². The topological polar surface area (TPSA) is 12.5 Å². The van der Waals surface area contributed by atoms with Crippen LogP contribution in [0.4, 0.5) is 0 Å². The molecule has 0 aromatic heterocycles. The molecule has 2 heterocycles. The maximum Gasteiger partial charge on any atom is 0.0930 e. The number of likely N-dealkylation sites (tertiary alicyclic amines) is 1. The van der Waals surface area contributed by atoms with Crippen molar-refractivity contribution in [3.05, 3.63) is 11.1 Å². The van der Waals surface area contributed by atoms with Gasteiger partial charge < -0.3 is 9.64 Å². The second-order valence-corrected chi connectivity index (χ2v) is 7.82. The third-order valence-corrected chi connectivity index (χ3v) is 5.42. The molecule has 1 fully saturated rings. The number of rotatable bonds is 4. The van der Waals surface area contributed by atoms with Crippen molar-refractivity contribution in [3.63, 3.8) is 0 Å².